The number of hydrogen-bond acceptors (Lipinski definition) is 8. The quantitative estimate of drug-likeness (QED) is 0.410. The summed E-state index contributed by atoms with van der Waals surface area (Å²) in [6, 6.07) is 0.257. The van der Waals surface area contributed by atoms with Gasteiger partial charge in [-0.25, -0.2) is 5.84 Å². The van der Waals surface area contributed by atoms with Crippen LogP contribution < -0.4 is 21.3 Å². The van der Waals surface area contributed by atoms with Crippen molar-refractivity contribution in [1.82, 2.24) is 15.0 Å². The van der Waals surface area contributed by atoms with E-state index in [-0.39, 0.29) is 18.6 Å². The van der Waals surface area contributed by atoms with Gasteiger partial charge in [-0.2, -0.15) is 15.0 Å². The van der Waals surface area contributed by atoms with Gasteiger partial charge in [0.05, 0.1) is 6.61 Å². The fourth-order valence-corrected chi connectivity index (χ4v) is 2.60. The fraction of sp³-hybridized carbons (Fsp3) is 0.769. The van der Waals surface area contributed by atoms with E-state index in [1.807, 2.05) is 6.92 Å². The Morgan fingerprint density at radius 2 is 2.00 bits per heavy atom. The average Bonchev–Trinajstić information content (AvgIpc) is 2.98. The molecule has 0 spiro atoms. The van der Waals surface area contributed by atoms with Crippen molar-refractivity contribution >= 4 is 11.9 Å². The number of aliphatic hydroxyl groups excluding tert-OH is 1. The van der Waals surface area contributed by atoms with Gasteiger partial charge in [-0.05, 0) is 31.1 Å². The molecule has 1 aliphatic carbocycles. The van der Waals surface area contributed by atoms with Gasteiger partial charge in [-0.3, -0.25) is 5.43 Å². The highest BCUT2D eigenvalue weighted by molar-refractivity contribution is 5.34. The topological polar surface area (TPSA) is 118 Å². The van der Waals surface area contributed by atoms with E-state index in [0.717, 1.165) is 32.2 Å². The van der Waals surface area contributed by atoms with E-state index < -0.39 is 0 Å². The van der Waals surface area contributed by atoms with Crippen LogP contribution in [0.2, 0.25) is 0 Å². The van der Waals surface area contributed by atoms with Crippen LogP contribution in [0.15, 0.2) is 0 Å². The third-order valence-corrected chi connectivity index (χ3v) is 3.75. The largest absolute Gasteiger partial charge is 0.463 e. The highest BCUT2D eigenvalue weighted by atomic mass is 16.5. The van der Waals surface area contributed by atoms with Crippen LogP contribution in [0.1, 0.15) is 32.6 Å². The monoisotopic (exact) mass is 296 g/mol. The molecule has 8 nitrogen and oxygen atoms in total. The molecule has 5 N–H and O–H groups in total. The molecule has 1 fully saturated rings. The molecule has 2 atom stereocenters. The predicted octanol–water partition coefficient (Wildman–Crippen LogP) is 0.766. The zero-order valence-corrected chi connectivity index (χ0v) is 12.4. The minimum absolute atomic E-state index is 0.240. The van der Waals surface area contributed by atoms with Crippen LogP contribution in [0.3, 0.4) is 0 Å². The second-order valence-electron chi connectivity index (χ2n) is 5.27. The zero-order chi connectivity index (χ0) is 15.1. The molecule has 1 saturated carbocycles. The third kappa shape index (κ3) is 4.40. The first-order valence-electron chi connectivity index (χ1n) is 7.47. The Morgan fingerprint density at radius 1 is 1.24 bits per heavy atom. The average molecular weight is 296 g/mol. The highest BCUT2D eigenvalue weighted by Crippen LogP contribution is 2.31. The normalized spacial score (nSPS) is 21.3. The highest BCUT2D eigenvalue weighted by Gasteiger charge is 2.26. The molecule has 1 aliphatic rings. The lowest BCUT2D eigenvalue weighted by Gasteiger charge is -2.18. The van der Waals surface area contributed by atoms with E-state index in [2.05, 4.69) is 25.7 Å². The SMILES string of the molecule is CCCOc1nc(NN)nc(NCC2CCCC2CO)n1. The number of nitrogens with two attached hydrogens (primary N) is 1. The summed E-state index contributed by atoms with van der Waals surface area (Å²) in [5.74, 6) is 6.87. The summed E-state index contributed by atoms with van der Waals surface area (Å²) in [4.78, 5) is 12.4. The molecule has 118 valence electrons. The first-order valence-corrected chi connectivity index (χ1v) is 7.47. The van der Waals surface area contributed by atoms with Crippen LogP contribution in [-0.2, 0) is 0 Å². The van der Waals surface area contributed by atoms with Gasteiger partial charge >= 0.3 is 6.01 Å². The molecule has 0 radical (unpaired) electrons. The van der Waals surface area contributed by atoms with E-state index in [0.29, 0.717) is 24.4 Å². The van der Waals surface area contributed by atoms with Crippen LogP contribution in [0, 0.1) is 11.8 Å². The maximum atomic E-state index is 9.34. The molecule has 0 bridgehead atoms. The Labute approximate surface area is 124 Å². The number of hydrogen-bond donors (Lipinski definition) is 4. The Bertz CT molecular complexity index is 445. The second-order valence-corrected chi connectivity index (χ2v) is 5.27. The number of anilines is 2. The molecule has 21 heavy (non-hydrogen) atoms. The summed E-state index contributed by atoms with van der Waals surface area (Å²) in [6.45, 7) is 3.52. The lowest BCUT2D eigenvalue weighted by atomic mass is 9.97. The number of nitrogens with one attached hydrogen (secondary N) is 2. The molecule has 0 saturated heterocycles. The van der Waals surface area contributed by atoms with E-state index in [4.69, 9.17) is 10.6 Å². The minimum atomic E-state index is 0.240. The summed E-state index contributed by atoms with van der Waals surface area (Å²) in [5.41, 5.74) is 2.41. The summed E-state index contributed by atoms with van der Waals surface area (Å²) >= 11 is 0. The van der Waals surface area contributed by atoms with Gasteiger partial charge in [0, 0.05) is 13.2 Å². The molecule has 1 aromatic heterocycles. The van der Waals surface area contributed by atoms with E-state index >= 15 is 0 Å². The van der Waals surface area contributed by atoms with Crippen molar-refractivity contribution < 1.29 is 9.84 Å². The number of rotatable bonds is 8. The Balaban J connectivity index is 1.97. The smallest absolute Gasteiger partial charge is 0.323 e. The van der Waals surface area contributed by atoms with Crippen molar-refractivity contribution in [2.75, 3.05) is 30.5 Å². The molecule has 2 unspecified atom stereocenters. The van der Waals surface area contributed by atoms with Crippen molar-refractivity contribution in [1.29, 1.82) is 0 Å². The van der Waals surface area contributed by atoms with E-state index in [1.54, 1.807) is 0 Å². The number of hydrazine groups is 1. The molecule has 1 heterocycles. The van der Waals surface area contributed by atoms with Crippen molar-refractivity contribution in [3.05, 3.63) is 0 Å². The summed E-state index contributed by atoms with van der Waals surface area (Å²) < 4.78 is 5.41. The summed E-state index contributed by atoms with van der Waals surface area (Å²) in [5, 5.41) is 12.5. The maximum absolute atomic E-state index is 9.34. The van der Waals surface area contributed by atoms with Gasteiger partial charge in [0.15, 0.2) is 0 Å². The van der Waals surface area contributed by atoms with Crippen LogP contribution >= 0.6 is 0 Å². The van der Waals surface area contributed by atoms with Gasteiger partial charge in [0.2, 0.25) is 11.9 Å². The molecule has 0 amide bonds. The maximum Gasteiger partial charge on any atom is 0.323 e. The lowest BCUT2D eigenvalue weighted by molar-refractivity contribution is 0.198. The molecule has 1 aromatic rings. The van der Waals surface area contributed by atoms with Crippen molar-refractivity contribution in [3.63, 3.8) is 0 Å². The third-order valence-electron chi connectivity index (χ3n) is 3.75. The molecule has 0 aliphatic heterocycles. The second kappa shape index (κ2) is 7.94. The number of nitrogen functional groups attached to an aromatic ring is 1. The molecule has 0 aromatic carbocycles. The Kier molecular flexibility index (Phi) is 5.94. The van der Waals surface area contributed by atoms with Crippen molar-refractivity contribution in [2.24, 2.45) is 17.7 Å². The van der Waals surface area contributed by atoms with Crippen LogP contribution in [0.25, 0.3) is 0 Å². The van der Waals surface area contributed by atoms with Gasteiger partial charge in [-0.15, -0.1) is 0 Å². The zero-order valence-electron chi connectivity index (χ0n) is 12.4. The van der Waals surface area contributed by atoms with Gasteiger partial charge < -0.3 is 15.2 Å². The fourth-order valence-electron chi connectivity index (χ4n) is 2.60. The number of aromatic nitrogens is 3. The Hall–Kier alpha value is -1.67. The van der Waals surface area contributed by atoms with Crippen molar-refractivity contribution in [2.45, 2.75) is 32.6 Å². The molecular weight excluding hydrogens is 272 g/mol. The minimum Gasteiger partial charge on any atom is -0.463 e. The molecule has 2 rings (SSSR count). The first-order chi connectivity index (χ1) is 10.3. The molecule has 8 heteroatoms. The molecular formula is C13H24N6O2. The standard InChI is InChI=1S/C13H24N6O2/c1-2-6-21-13-17-11(16-12(18-13)19-14)15-7-9-4-3-5-10(9)8-20/h9-10,20H,2-8,14H2,1H3,(H2,15,16,17,18,19). The van der Waals surface area contributed by atoms with Gasteiger partial charge in [0.25, 0.3) is 0 Å². The van der Waals surface area contributed by atoms with Crippen LogP contribution in [0.5, 0.6) is 6.01 Å². The van der Waals surface area contributed by atoms with Crippen LogP contribution in [0.4, 0.5) is 11.9 Å². The van der Waals surface area contributed by atoms with E-state index in [9.17, 15) is 5.11 Å². The first kappa shape index (κ1) is 15.7. The van der Waals surface area contributed by atoms with Gasteiger partial charge in [0.1, 0.15) is 0 Å². The van der Waals surface area contributed by atoms with Crippen molar-refractivity contribution in [3.8, 4) is 6.01 Å². The van der Waals surface area contributed by atoms with Gasteiger partial charge in [-0.1, -0.05) is 13.3 Å². The van der Waals surface area contributed by atoms with E-state index in [1.165, 1.54) is 0 Å². The predicted molar refractivity (Wildman–Crippen MR) is 79.8 cm³/mol. The summed E-state index contributed by atoms with van der Waals surface area (Å²) in [6.07, 6.45) is 4.24. The number of nitrogens with zero attached hydrogens (tertiary/aromatic N) is 3. The number of aliphatic hydroxyl groups is 1. The van der Waals surface area contributed by atoms with Crippen LogP contribution in [-0.4, -0.2) is 39.8 Å². The lowest BCUT2D eigenvalue weighted by Crippen LogP contribution is -2.22. The summed E-state index contributed by atoms with van der Waals surface area (Å²) in [7, 11) is 0. The number of ether oxygens (including phenoxy) is 1. The Morgan fingerprint density at radius 3 is 2.71 bits per heavy atom.